The number of para-hydroxylation sites is 2. The van der Waals surface area contributed by atoms with Gasteiger partial charge in [0.2, 0.25) is 0 Å². The average Bonchev–Trinajstić information content (AvgIpc) is 1.69. The molecule has 143 heavy (non-hydrogen) atoms. The largest absolute Gasteiger partial charge is 0.525 e. The molecule has 2 aromatic carbocycles. The van der Waals surface area contributed by atoms with E-state index in [0.717, 1.165) is 107 Å². The van der Waals surface area contributed by atoms with Crippen molar-refractivity contribution in [1.29, 1.82) is 0 Å². The van der Waals surface area contributed by atoms with E-state index in [0.29, 0.717) is 114 Å². The summed E-state index contributed by atoms with van der Waals surface area (Å²) in [6.07, 6.45) is 23.3. The highest BCUT2D eigenvalue weighted by Crippen LogP contribution is 2.50. The second-order valence-corrected chi connectivity index (χ2v) is 38.6. The number of azide groups is 1. The summed E-state index contributed by atoms with van der Waals surface area (Å²) in [5, 5.41) is 60.6. The highest BCUT2D eigenvalue weighted by Gasteiger charge is 2.40. The lowest BCUT2D eigenvalue weighted by Gasteiger charge is -2.31. The highest BCUT2D eigenvalue weighted by atomic mass is 31.2. The minimum Gasteiger partial charge on any atom is -0.477 e. The summed E-state index contributed by atoms with van der Waals surface area (Å²) in [5.41, 5.74) is 48.1. The van der Waals surface area contributed by atoms with Crippen LogP contribution in [0.2, 0.25) is 0 Å². The number of carbonyl (C=O) groups excluding carboxylic acids is 8. The van der Waals surface area contributed by atoms with Crippen LogP contribution in [0, 0.1) is 29.6 Å². The molecule has 21 N–H and O–H groups in total. The number of hydrogen-bond acceptors (Lipinski definition) is 24. The first kappa shape index (κ1) is 106. The van der Waals surface area contributed by atoms with Crippen LogP contribution in [0.15, 0.2) is 157 Å². The molecule has 0 aliphatic heterocycles. The van der Waals surface area contributed by atoms with Crippen LogP contribution < -0.4 is 80.7 Å². The summed E-state index contributed by atoms with van der Waals surface area (Å²) in [6.45, 7) is 16.3. The van der Waals surface area contributed by atoms with Crippen LogP contribution in [0.4, 0.5) is 58.0 Å². The number of fused-ring (bicyclic) bond motifs is 5. The molecule has 5 aliphatic carbocycles. The topological polar surface area (TPSA) is 632 Å². The van der Waals surface area contributed by atoms with E-state index in [9.17, 15) is 75.9 Å². The lowest BCUT2D eigenvalue weighted by atomic mass is 9.85. The Morgan fingerprint density at radius 1 is 0.385 bits per heavy atom. The second-order valence-electron chi connectivity index (χ2n) is 37.1. The van der Waals surface area contributed by atoms with Crippen molar-refractivity contribution >= 4 is 135 Å². The van der Waals surface area contributed by atoms with Crippen LogP contribution in [0.25, 0.3) is 38.0 Å². The maximum absolute atomic E-state index is 12.5. The quantitative estimate of drug-likeness (QED) is 0.0109. The zero-order valence-corrected chi connectivity index (χ0v) is 81.2. The number of hydrogen-bond donors (Lipinski definition) is 15. The maximum Gasteiger partial charge on any atom is 0.525 e. The van der Waals surface area contributed by atoms with Crippen LogP contribution in [0.1, 0.15) is 267 Å². The number of aromatic nitrogens is 10. The maximum atomic E-state index is 12.5. The molecule has 10 unspecified atom stereocenters. The van der Waals surface area contributed by atoms with Gasteiger partial charge in [-0.15, -0.1) is 0 Å². The van der Waals surface area contributed by atoms with E-state index in [1.807, 2.05) is 6.07 Å². The number of nitrogens with one attached hydrogen (secondary N) is 7. The average molecular weight is 1990 g/mol. The molecule has 10 heterocycles. The van der Waals surface area contributed by atoms with Gasteiger partial charge in [-0.05, 0) is 205 Å². The Balaban J connectivity index is 0.000000154. The Bertz CT molecular complexity index is 6400. The summed E-state index contributed by atoms with van der Waals surface area (Å²) in [7, 11) is -3.95. The number of nitrogens with zero attached hydrogens (tertiary/aromatic N) is 13. The van der Waals surface area contributed by atoms with E-state index in [4.69, 9.17) is 53.7 Å². The van der Waals surface area contributed by atoms with Gasteiger partial charge >= 0.3 is 37.9 Å². The van der Waals surface area contributed by atoms with Gasteiger partial charge in [-0.3, -0.25) is 38.9 Å². The van der Waals surface area contributed by atoms with Crippen LogP contribution >= 0.6 is 7.75 Å². The second kappa shape index (κ2) is 47.1. The predicted molar refractivity (Wildman–Crippen MR) is 532 cm³/mol. The summed E-state index contributed by atoms with van der Waals surface area (Å²) in [6, 6.07) is 33.8. The number of nitrogens with two attached hydrogens (primary N) is 6. The van der Waals surface area contributed by atoms with Crippen molar-refractivity contribution in [3.63, 3.8) is 0 Å². The minimum absolute atomic E-state index is 0.0516. The van der Waals surface area contributed by atoms with Gasteiger partial charge in [0.05, 0.1) is 115 Å². The number of rotatable bonds is 25. The standard InChI is InChI=1S/C20H29N5O3.C17H20F3N5O2.C16H21N5O2.2C16H20N4O3.C12H10N3O3P/c1-12-7-5-6-8-14(12)23-17-13(18(21)26)11-22-25-15(17)9-10-16(25)24-19(27)28-20(2,3)4;1-9-4-2-3-5-11(9)23-14-10(15(21)26)8-22-25-12(14)6-7-13(25)24-16(27)17(18,19)20;1-9-4-2-3-5-11(9)20-14-10(15(17)22)8-19-21-12(14)6-7-13(21)16(18)23;2*1-9-4-2-3-5-11(9)19-14-10(15(17)21)8-18-20-12(14)6-7-13(20)16(22)23;13-14-15-19(16,17-11-7-3-1-4-8-11)18-12-9-5-2-6-10-12/h9-12,14,23H,5-8H2,1-4H3,(H2,21,26)(H,24,27);6-9,11,23H,2-5H2,1H3,(H2,21,26)(H,24,27);6-9,11,20H,2-5H2,1H3,(H2,17,22)(H2,18,23);2*6-9,11,19H,2-5H2,1H3,(H2,17,21)(H,22,23);1-10H. The Kier molecular flexibility index (Phi) is 34.9. The summed E-state index contributed by atoms with van der Waals surface area (Å²) in [4.78, 5) is 122. The van der Waals surface area contributed by atoms with E-state index < -0.39 is 78.9 Å². The zero-order chi connectivity index (χ0) is 103. The molecule has 5 aliphatic rings. The van der Waals surface area contributed by atoms with Crippen LogP contribution in [-0.4, -0.2) is 160 Å². The van der Waals surface area contributed by atoms with Crippen LogP contribution in [0.5, 0.6) is 11.5 Å². The number of amides is 8. The Morgan fingerprint density at radius 3 is 0.902 bits per heavy atom. The fourth-order valence-corrected chi connectivity index (χ4v) is 19.2. The van der Waals surface area contributed by atoms with Gasteiger partial charge in [-0.2, -0.15) is 38.7 Å². The van der Waals surface area contributed by atoms with E-state index >= 15 is 0 Å². The van der Waals surface area contributed by atoms with E-state index in [-0.39, 0.29) is 69.8 Å². The van der Waals surface area contributed by atoms with E-state index in [2.05, 4.69) is 102 Å². The number of benzene rings is 2. The number of anilines is 7. The van der Waals surface area contributed by atoms with Gasteiger partial charge in [-0.25, -0.2) is 41.5 Å². The van der Waals surface area contributed by atoms with Gasteiger partial charge in [-0.1, -0.05) is 135 Å². The van der Waals surface area contributed by atoms with Gasteiger partial charge in [0.25, 0.3) is 35.4 Å². The molecule has 10 aromatic heterocycles. The molecule has 42 nitrogen and oxygen atoms in total. The van der Waals surface area contributed by atoms with E-state index in [1.165, 1.54) is 94.5 Å². The number of primary amides is 6. The Labute approximate surface area is 819 Å². The molecule has 8 amide bonds. The molecule has 760 valence electrons. The smallest absolute Gasteiger partial charge is 0.477 e. The van der Waals surface area contributed by atoms with Crippen molar-refractivity contribution in [1.82, 2.24) is 48.1 Å². The molecule has 46 heteroatoms. The summed E-state index contributed by atoms with van der Waals surface area (Å²) in [5.74, 6) is -4.51. The molecule has 17 rings (SSSR count). The number of carboxylic acid groups (broad SMARTS) is 2. The predicted octanol–water partition coefficient (Wildman–Crippen LogP) is 17.0. The van der Waals surface area contributed by atoms with Crippen LogP contribution in [-0.2, 0) is 14.1 Å². The van der Waals surface area contributed by atoms with Gasteiger partial charge in [0.15, 0.2) is 11.4 Å². The van der Waals surface area contributed by atoms with Crippen molar-refractivity contribution in [3.8, 4) is 11.5 Å². The SMILES string of the molecule is CC1CCCCC1Nc1c(C(N)=O)cnn2c(C(=O)O)ccc12.CC1CCCCC1Nc1c(C(N)=O)cnn2c(C(=O)O)ccc12.CC1CCCCC1Nc1c(C(N)=O)cnn2c(C(N)=O)ccc12.CC1CCCCC1Nc1c(C(N)=O)cnn2c(NC(=O)C(F)(F)F)ccc12.CC1CCCCC1Nc1c(C(N)=O)cnn2c(NC(=O)OC(C)(C)C)ccc12.[N-]=[N+]=NP(=O)(Oc1ccccc1)Oc1ccccc1. The first-order valence-electron chi connectivity index (χ1n) is 47.2. The molecule has 0 radical (unpaired) electrons. The van der Waals surface area contributed by atoms with Crippen molar-refractivity contribution in [2.75, 3.05) is 37.2 Å². The number of ether oxygens (including phenoxy) is 1. The number of halogens is 3. The van der Waals surface area contributed by atoms with Crippen molar-refractivity contribution in [2.24, 2.45) is 68.9 Å². The molecule has 5 saturated carbocycles. The van der Waals surface area contributed by atoms with Gasteiger partial charge in [0, 0.05) is 40.0 Å². The Morgan fingerprint density at radius 2 is 0.643 bits per heavy atom. The molecule has 10 atom stereocenters. The first-order chi connectivity index (χ1) is 68.0. The molecule has 12 aromatic rings. The molecule has 0 saturated heterocycles. The fraction of sp³-hybridized carbons (Fsp3) is 0.412. The van der Waals surface area contributed by atoms with Gasteiger partial charge < -0.3 is 90.3 Å². The number of alkyl halides is 3. The summed E-state index contributed by atoms with van der Waals surface area (Å²) < 4.78 is 72.3. The fourth-order valence-electron chi connectivity index (χ4n) is 18.2. The number of aromatic carboxylic acids is 2. The van der Waals surface area contributed by atoms with E-state index in [1.54, 1.807) is 122 Å². The van der Waals surface area contributed by atoms with Gasteiger partial charge in [0.1, 0.15) is 34.4 Å². The van der Waals surface area contributed by atoms with Crippen LogP contribution in [0.3, 0.4) is 0 Å². The number of carbonyl (C=O) groups is 10. The third-order valence-electron chi connectivity index (χ3n) is 25.8. The molecule has 0 spiro atoms. The lowest BCUT2D eigenvalue weighted by molar-refractivity contribution is -0.167. The monoisotopic (exact) mass is 1990 g/mol. The van der Waals surface area contributed by atoms with Crippen molar-refractivity contribution in [3.05, 3.63) is 208 Å². The Hall–Kier alpha value is -15.7. The third kappa shape index (κ3) is 26.7. The molecular formula is C97H120F3N26O16P. The normalized spacial score (nSPS) is 19.4. The number of carboxylic acids is 2. The molecule has 5 fully saturated rings. The molecular weight excluding hydrogens is 1870 g/mol. The zero-order valence-electron chi connectivity index (χ0n) is 80.3. The highest BCUT2D eigenvalue weighted by molar-refractivity contribution is 7.53. The van der Waals surface area contributed by atoms with Crippen molar-refractivity contribution < 1.29 is 89.7 Å². The van der Waals surface area contributed by atoms with Crippen molar-refractivity contribution in [2.45, 2.75) is 226 Å². The molecule has 0 bridgehead atoms. The third-order valence-corrected chi connectivity index (χ3v) is 27.0. The first-order valence-corrected chi connectivity index (χ1v) is 48.7. The summed E-state index contributed by atoms with van der Waals surface area (Å²) >= 11 is 0. The minimum atomic E-state index is -5.02. The lowest BCUT2D eigenvalue weighted by Crippen LogP contribution is -2.32.